The van der Waals surface area contributed by atoms with Gasteiger partial charge in [0.15, 0.2) is 5.69 Å². The zero-order valence-corrected chi connectivity index (χ0v) is 30.5. The molecule has 7 rings (SSSR count). The molecule has 54 heavy (non-hydrogen) atoms. The maximum absolute atomic E-state index is 14.2. The monoisotopic (exact) mass is 752 g/mol. The summed E-state index contributed by atoms with van der Waals surface area (Å²) < 4.78 is 49.7. The van der Waals surface area contributed by atoms with Crippen LogP contribution in [0.4, 0.5) is 10.1 Å². The summed E-state index contributed by atoms with van der Waals surface area (Å²) >= 11 is 0. The lowest BCUT2D eigenvalue weighted by atomic mass is 9.80. The molecular formula is C40H41FN6O6S. The van der Waals surface area contributed by atoms with E-state index < -0.39 is 38.8 Å². The highest BCUT2D eigenvalue weighted by Gasteiger charge is 2.43. The van der Waals surface area contributed by atoms with Crippen LogP contribution in [0.15, 0.2) is 113 Å². The van der Waals surface area contributed by atoms with Crippen LogP contribution >= 0.6 is 0 Å². The van der Waals surface area contributed by atoms with Crippen LogP contribution in [0.5, 0.6) is 11.6 Å². The quantitative estimate of drug-likeness (QED) is 0.212. The van der Waals surface area contributed by atoms with Crippen molar-refractivity contribution in [1.29, 1.82) is 0 Å². The van der Waals surface area contributed by atoms with E-state index in [1.807, 2.05) is 55.5 Å². The van der Waals surface area contributed by atoms with E-state index in [2.05, 4.69) is 9.97 Å². The van der Waals surface area contributed by atoms with Crippen molar-refractivity contribution in [3.05, 3.63) is 131 Å². The number of carbonyl (C=O) groups excluding carboxylic acids is 1. The van der Waals surface area contributed by atoms with Crippen molar-refractivity contribution in [3.63, 3.8) is 0 Å². The first-order valence-electron chi connectivity index (χ1n) is 17.8. The minimum atomic E-state index is -3.90. The van der Waals surface area contributed by atoms with Crippen LogP contribution in [0.3, 0.4) is 0 Å². The molecule has 280 valence electrons. The number of nitrogens with zero attached hydrogens (tertiary/aromatic N) is 5. The fourth-order valence-corrected chi connectivity index (χ4v) is 8.78. The molecule has 3 aromatic carbocycles. The zero-order chi connectivity index (χ0) is 38.0. The van der Waals surface area contributed by atoms with E-state index in [4.69, 9.17) is 10.5 Å². The zero-order valence-electron chi connectivity index (χ0n) is 29.7. The van der Waals surface area contributed by atoms with E-state index >= 15 is 0 Å². The van der Waals surface area contributed by atoms with Gasteiger partial charge in [0.05, 0.1) is 17.0 Å². The molecule has 0 unspecified atom stereocenters. The largest absolute Gasteiger partial charge is 0.437 e. The summed E-state index contributed by atoms with van der Waals surface area (Å²) in [5.41, 5.74) is 7.19. The number of nitrogen functional groups attached to an aromatic ring is 1. The van der Waals surface area contributed by atoms with E-state index in [-0.39, 0.29) is 73.7 Å². The van der Waals surface area contributed by atoms with Crippen LogP contribution in [0, 0.1) is 18.7 Å². The number of pyridine rings is 1. The molecule has 4 heterocycles. The summed E-state index contributed by atoms with van der Waals surface area (Å²) in [6.45, 7) is 2.61. The SMILES string of the molecule is Cc1ccc(-c2cccc(S(=O)(=O)N3CC[C@@H](C(=O)N4CCC(O)(Cn5cnc(Oc6ccc(F)cc6)c(N)c5=O)CC4)[C@H](c4ccccc4)C3)c2)cn1. The van der Waals surface area contributed by atoms with E-state index in [1.54, 1.807) is 29.3 Å². The Morgan fingerprint density at radius 3 is 2.41 bits per heavy atom. The first-order chi connectivity index (χ1) is 25.9. The minimum Gasteiger partial charge on any atom is -0.437 e. The molecule has 5 aromatic rings. The van der Waals surface area contributed by atoms with Crippen LogP contribution in [-0.2, 0) is 21.4 Å². The summed E-state index contributed by atoms with van der Waals surface area (Å²) in [5.74, 6) is -1.28. The third-order valence-corrected chi connectivity index (χ3v) is 12.2. The van der Waals surface area contributed by atoms with Crippen molar-refractivity contribution in [2.75, 3.05) is 31.9 Å². The second kappa shape index (κ2) is 15.1. The van der Waals surface area contributed by atoms with Gasteiger partial charge >= 0.3 is 0 Å². The number of aryl methyl sites for hydroxylation is 1. The number of anilines is 1. The Bertz CT molecular complexity index is 2300. The number of rotatable bonds is 9. The number of ether oxygens (including phenoxy) is 1. The fraction of sp³-hybridized carbons (Fsp3) is 0.300. The van der Waals surface area contributed by atoms with E-state index in [0.29, 0.717) is 6.42 Å². The molecule has 0 saturated carbocycles. The van der Waals surface area contributed by atoms with E-state index in [0.717, 1.165) is 22.4 Å². The number of carbonyl (C=O) groups is 1. The number of nitrogens with two attached hydrogens (primary N) is 1. The van der Waals surface area contributed by atoms with Crippen LogP contribution in [0.2, 0.25) is 0 Å². The molecule has 12 nitrogen and oxygen atoms in total. The number of piperidine rings is 2. The lowest BCUT2D eigenvalue weighted by molar-refractivity contribution is -0.142. The summed E-state index contributed by atoms with van der Waals surface area (Å²) in [6.07, 6.45) is 3.70. The Morgan fingerprint density at radius 2 is 1.70 bits per heavy atom. The average Bonchev–Trinajstić information content (AvgIpc) is 3.19. The molecule has 1 amide bonds. The Morgan fingerprint density at radius 1 is 0.963 bits per heavy atom. The normalized spacial score (nSPS) is 19.0. The molecule has 0 radical (unpaired) electrons. The van der Waals surface area contributed by atoms with Crippen LogP contribution < -0.4 is 16.0 Å². The van der Waals surface area contributed by atoms with Crippen molar-refractivity contribution in [1.82, 2.24) is 23.7 Å². The number of halogens is 1. The summed E-state index contributed by atoms with van der Waals surface area (Å²) in [7, 11) is -3.90. The third kappa shape index (κ3) is 7.77. The van der Waals surface area contributed by atoms with Crippen molar-refractivity contribution in [2.24, 2.45) is 5.92 Å². The smallest absolute Gasteiger partial charge is 0.280 e. The Balaban J connectivity index is 1.03. The summed E-state index contributed by atoms with van der Waals surface area (Å²) in [5, 5.41) is 11.5. The van der Waals surface area contributed by atoms with Gasteiger partial charge in [-0.25, -0.2) is 17.8 Å². The molecule has 2 aliphatic heterocycles. The van der Waals surface area contributed by atoms with Gasteiger partial charge in [0.25, 0.3) is 5.56 Å². The molecule has 0 spiro atoms. The topological polar surface area (TPSA) is 161 Å². The number of sulfonamides is 1. The predicted molar refractivity (Wildman–Crippen MR) is 201 cm³/mol. The molecule has 2 fully saturated rings. The van der Waals surface area contributed by atoms with Crippen molar-refractivity contribution in [2.45, 2.75) is 49.1 Å². The number of aliphatic hydroxyl groups is 1. The van der Waals surface area contributed by atoms with E-state index in [9.17, 15) is 27.5 Å². The number of benzene rings is 3. The Kier molecular flexibility index (Phi) is 10.3. The average molecular weight is 753 g/mol. The predicted octanol–water partition coefficient (Wildman–Crippen LogP) is 4.98. The Hall–Kier alpha value is -5.44. The standard InChI is InChI=1S/C40H41FN6O6S/c1-27-10-11-30(23-43-27)29-8-5-9-33(22-29)54(51,52)47-19-16-34(35(24-47)28-6-3-2-4-7-28)38(48)45-20-17-40(50,18-21-45)25-46-26-44-37(36(42)39(46)49)53-32-14-12-31(41)13-15-32/h2-15,22-23,26,34-35,50H,16-21,24-25,42H2,1H3/t34-,35+/m1/s1. The van der Waals surface area contributed by atoms with E-state index in [1.165, 1.54) is 39.5 Å². The highest BCUT2D eigenvalue weighted by molar-refractivity contribution is 7.89. The molecule has 3 N–H and O–H groups in total. The Labute approximate surface area is 312 Å². The molecule has 0 bridgehead atoms. The van der Waals surface area contributed by atoms with Gasteiger partial charge in [-0.15, -0.1) is 0 Å². The first-order valence-corrected chi connectivity index (χ1v) is 19.2. The lowest BCUT2D eigenvalue weighted by Gasteiger charge is -2.43. The van der Waals surface area contributed by atoms with Crippen LogP contribution in [0.25, 0.3) is 11.1 Å². The lowest BCUT2D eigenvalue weighted by Crippen LogP contribution is -2.53. The maximum Gasteiger partial charge on any atom is 0.280 e. The minimum absolute atomic E-state index is 0.0909. The van der Waals surface area contributed by atoms with Gasteiger partial charge in [-0.2, -0.15) is 4.31 Å². The second-order valence-corrected chi connectivity index (χ2v) is 15.9. The summed E-state index contributed by atoms with van der Waals surface area (Å²) in [4.78, 5) is 37.7. The number of hydrogen-bond acceptors (Lipinski definition) is 9. The van der Waals surface area contributed by atoms with Gasteiger partial charge < -0.3 is 20.5 Å². The first kappa shape index (κ1) is 36.9. The number of amides is 1. The number of hydrogen-bond donors (Lipinski definition) is 2. The molecule has 2 saturated heterocycles. The van der Waals surface area contributed by atoms with Gasteiger partial charge in [0.1, 0.15) is 17.9 Å². The molecule has 2 atom stereocenters. The number of aromatic nitrogens is 3. The third-order valence-electron chi connectivity index (χ3n) is 10.4. The van der Waals surface area contributed by atoms with Gasteiger partial charge in [-0.1, -0.05) is 48.5 Å². The van der Waals surface area contributed by atoms with Crippen LogP contribution in [0.1, 0.15) is 36.4 Å². The molecule has 0 aliphatic carbocycles. The van der Waals surface area contributed by atoms with Crippen molar-refractivity contribution in [3.8, 4) is 22.8 Å². The molecule has 2 aliphatic rings. The molecular weight excluding hydrogens is 712 g/mol. The highest BCUT2D eigenvalue weighted by Crippen LogP contribution is 2.38. The molecule has 2 aromatic heterocycles. The van der Waals surface area contributed by atoms with Crippen molar-refractivity contribution < 1.29 is 27.4 Å². The van der Waals surface area contributed by atoms with Crippen molar-refractivity contribution >= 4 is 21.6 Å². The van der Waals surface area contributed by atoms with Crippen LogP contribution in [-0.4, -0.2) is 75.0 Å². The fourth-order valence-electron chi connectivity index (χ4n) is 7.25. The summed E-state index contributed by atoms with van der Waals surface area (Å²) in [6, 6.07) is 25.3. The molecule has 14 heteroatoms. The van der Waals surface area contributed by atoms with Gasteiger partial charge in [-0.3, -0.25) is 19.1 Å². The van der Waals surface area contributed by atoms with Gasteiger partial charge in [0, 0.05) is 55.5 Å². The van der Waals surface area contributed by atoms with Gasteiger partial charge in [0.2, 0.25) is 21.8 Å². The highest BCUT2D eigenvalue weighted by atomic mass is 32.2. The maximum atomic E-state index is 14.2. The van der Waals surface area contributed by atoms with Gasteiger partial charge in [-0.05, 0) is 79.8 Å². The number of likely N-dealkylation sites (tertiary alicyclic amines) is 1. The second-order valence-electron chi connectivity index (χ2n) is 14.0.